The molecule has 0 saturated heterocycles. The molecule has 2 N–H and O–H groups in total. The first-order chi connectivity index (χ1) is 12.5. The molecular weight excluding hydrogens is 340 g/mol. The molecular formula is C17H20N4O5. The van der Waals surface area contributed by atoms with Crippen molar-refractivity contribution in [3.63, 3.8) is 0 Å². The highest BCUT2D eigenvalue weighted by molar-refractivity contribution is 5.92. The number of amides is 1. The molecule has 0 bridgehead atoms. The van der Waals surface area contributed by atoms with E-state index in [4.69, 9.17) is 5.11 Å². The molecule has 0 aliphatic heterocycles. The maximum Gasteiger partial charge on any atom is 0.303 e. The number of nitro benzene ring substituents is 1. The summed E-state index contributed by atoms with van der Waals surface area (Å²) in [6, 6.07) is 7.44. The fourth-order valence-corrected chi connectivity index (χ4v) is 2.36. The van der Waals surface area contributed by atoms with Crippen LogP contribution in [0.15, 0.2) is 36.5 Å². The normalized spacial score (nSPS) is 10.5. The Hall–Kier alpha value is -3.23. The van der Waals surface area contributed by atoms with Crippen molar-refractivity contribution in [2.45, 2.75) is 32.1 Å². The number of non-ortho nitro benzene ring substituents is 1. The molecule has 26 heavy (non-hydrogen) atoms. The molecule has 9 nitrogen and oxygen atoms in total. The Labute approximate surface area is 149 Å². The number of nitrogens with zero attached hydrogens (tertiary/aromatic N) is 3. The number of aliphatic carboxylic acids is 1. The highest BCUT2D eigenvalue weighted by atomic mass is 16.6. The van der Waals surface area contributed by atoms with Crippen LogP contribution in [0.3, 0.4) is 0 Å². The molecule has 1 aromatic carbocycles. The summed E-state index contributed by atoms with van der Waals surface area (Å²) in [4.78, 5) is 32.6. The molecule has 0 atom stereocenters. The van der Waals surface area contributed by atoms with Crippen LogP contribution in [0.2, 0.25) is 0 Å². The molecule has 0 unspecified atom stereocenters. The van der Waals surface area contributed by atoms with E-state index < -0.39 is 10.9 Å². The van der Waals surface area contributed by atoms with Crippen LogP contribution in [-0.2, 0) is 4.79 Å². The maximum atomic E-state index is 12.1. The van der Waals surface area contributed by atoms with Gasteiger partial charge in [0.2, 0.25) is 0 Å². The number of hydrogen-bond acceptors (Lipinski definition) is 5. The third kappa shape index (κ3) is 5.69. The van der Waals surface area contributed by atoms with Crippen LogP contribution in [0, 0.1) is 10.1 Å². The molecule has 0 aliphatic rings. The van der Waals surface area contributed by atoms with Gasteiger partial charge in [-0.3, -0.25) is 19.7 Å². The Balaban J connectivity index is 1.78. The summed E-state index contributed by atoms with van der Waals surface area (Å²) >= 11 is 0. The van der Waals surface area contributed by atoms with Gasteiger partial charge < -0.3 is 10.4 Å². The molecule has 9 heteroatoms. The highest BCUT2D eigenvalue weighted by Crippen LogP contribution is 2.15. The Kier molecular flexibility index (Phi) is 6.84. The number of unbranched alkanes of at least 4 members (excludes halogenated alkanes) is 3. The van der Waals surface area contributed by atoms with Crippen molar-refractivity contribution in [3.8, 4) is 5.69 Å². The summed E-state index contributed by atoms with van der Waals surface area (Å²) in [6.45, 7) is 0.496. The van der Waals surface area contributed by atoms with Crippen molar-refractivity contribution in [1.29, 1.82) is 0 Å². The van der Waals surface area contributed by atoms with Crippen LogP contribution in [0.25, 0.3) is 5.69 Å². The van der Waals surface area contributed by atoms with Crippen molar-refractivity contribution in [2.75, 3.05) is 6.54 Å². The van der Waals surface area contributed by atoms with Crippen LogP contribution < -0.4 is 5.32 Å². The first-order valence-corrected chi connectivity index (χ1v) is 8.28. The summed E-state index contributed by atoms with van der Waals surface area (Å²) in [5.41, 5.74) is 0.865. The Morgan fingerprint density at radius 3 is 2.46 bits per heavy atom. The molecule has 0 saturated carbocycles. The molecule has 0 fully saturated rings. The van der Waals surface area contributed by atoms with Gasteiger partial charge in [0.25, 0.3) is 11.6 Å². The average Bonchev–Trinajstić information content (AvgIpc) is 3.10. The number of carboxylic acid groups (broad SMARTS) is 1. The van der Waals surface area contributed by atoms with Crippen LogP contribution in [-0.4, -0.2) is 38.2 Å². The topological polar surface area (TPSA) is 127 Å². The summed E-state index contributed by atoms with van der Waals surface area (Å²) in [7, 11) is 0. The summed E-state index contributed by atoms with van der Waals surface area (Å²) in [5, 5.41) is 26.1. The number of aromatic nitrogens is 2. The van der Waals surface area contributed by atoms with Gasteiger partial charge in [-0.1, -0.05) is 12.8 Å². The lowest BCUT2D eigenvalue weighted by Gasteiger charge is -2.03. The minimum atomic E-state index is -0.790. The van der Waals surface area contributed by atoms with Crippen LogP contribution >= 0.6 is 0 Å². The zero-order valence-corrected chi connectivity index (χ0v) is 14.1. The van der Waals surface area contributed by atoms with Gasteiger partial charge in [-0.25, -0.2) is 4.68 Å². The second kappa shape index (κ2) is 9.30. The monoisotopic (exact) mass is 360 g/mol. The fraction of sp³-hybridized carbons (Fsp3) is 0.353. The van der Waals surface area contributed by atoms with Crippen molar-refractivity contribution in [3.05, 3.63) is 52.3 Å². The van der Waals surface area contributed by atoms with Gasteiger partial charge in [-0.15, -0.1) is 0 Å². The Morgan fingerprint density at radius 2 is 1.81 bits per heavy atom. The molecule has 1 aromatic heterocycles. The van der Waals surface area contributed by atoms with Gasteiger partial charge in [-0.2, -0.15) is 5.10 Å². The minimum absolute atomic E-state index is 0.0118. The third-order valence-electron chi connectivity index (χ3n) is 3.75. The van der Waals surface area contributed by atoms with E-state index in [1.165, 1.54) is 16.8 Å². The molecule has 2 rings (SSSR count). The van der Waals surface area contributed by atoms with E-state index in [2.05, 4.69) is 10.4 Å². The second-order valence-corrected chi connectivity index (χ2v) is 5.73. The van der Waals surface area contributed by atoms with E-state index in [1.54, 1.807) is 24.4 Å². The standard InChI is InChI=1S/C17H20N4O5/c22-16(23)5-3-1-2-4-11-18-17(24)15-10-12-20(19-15)13-6-8-14(9-7-13)21(25)26/h6-10,12H,1-5,11H2,(H,18,24)(H,22,23). The lowest BCUT2D eigenvalue weighted by molar-refractivity contribution is -0.384. The van der Waals surface area contributed by atoms with E-state index in [-0.39, 0.29) is 23.7 Å². The number of rotatable bonds is 10. The number of nitrogens with one attached hydrogen (secondary N) is 1. The van der Waals surface area contributed by atoms with E-state index in [0.29, 0.717) is 18.7 Å². The van der Waals surface area contributed by atoms with Gasteiger partial charge in [0, 0.05) is 31.3 Å². The molecule has 1 amide bonds. The zero-order chi connectivity index (χ0) is 18.9. The molecule has 0 radical (unpaired) electrons. The van der Waals surface area contributed by atoms with Crippen molar-refractivity contribution in [2.24, 2.45) is 0 Å². The molecule has 138 valence electrons. The number of nitro groups is 1. The fourth-order valence-electron chi connectivity index (χ4n) is 2.36. The number of benzene rings is 1. The minimum Gasteiger partial charge on any atom is -0.481 e. The number of carbonyl (C=O) groups is 2. The van der Waals surface area contributed by atoms with Crippen molar-refractivity contribution >= 4 is 17.6 Å². The largest absolute Gasteiger partial charge is 0.481 e. The Bertz CT molecular complexity index is 770. The van der Waals surface area contributed by atoms with Gasteiger partial charge in [0.1, 0.15) is 0 Å². The molecule has 0 aliphatic carbocycles. The lowest BCUT2D eigenvalue weighted by Crippen LogP contribution is -2.25. The number of carboxylic acids is 1. The smallest absolute Gasteiger partial charge is 0.303 e. The molecule has 1 heterocycles. The van der Waals surface area contributed by atoms with Crippen molar-refractivity contribution in [1.82, 2.24) is 15.1 Å². The second-order valence-electron chi connectivity index (χ2n) is 5.73. The third-order valence-corrected chi connectivity index (χ3v) is 3.75. The van der Waals surface area contributed by atoms with E-state index >= 15 is 0 Å². The zero-order valence-electron chi connectivity index (χ0n) is 14.1. The van der Waals surface area contributed by atoms with Gasteiger partial charge in [-0.05, 0) is 31.0 Å². The number of hydrogen-bond donors (Lipinski definition) is 2. The van der Waals surface area contributed by atoms with E-state index in [1.807, 2.05) is 0 Å². The Morgan fingerprint density at radius 1 is 1.12 bits per heavy atom. The van der Waals surface area contributed by atoms with Gasteiger partial charge >= 0.3 is 5.97 Å². The summed E-state index contributed by atoms with van der Waals surface area (Å²) < 4.78 is 1.48. The predicted octanol–water partition coefficient (Wildman–Crippen LogP) is 2.55. The van der Waals surface area contributed by atoms with Crippen LogP contribution in [0.4, 0.5) is 5.69 Å². The molecule has 2 aromatic rings. The first kappa shape index (κ1) is 19.1. The van der Waals surface area contributed by atoms with Gasteiger partial charge in [0.05, 0.1) is 10.6 Å². The maximum absolute atomic E-state index is 12.1. The quantitative estimate of drug-likeness (QED) is 0.381. The van der Waals surface area contributed by atoms with Crippen LogP contribution in [0.1, 0.15) is 42.6 Å². The van der Waals surface area contributed by atoms with Gasteiger partial charge in [0.15, 0.2) is 5.69 Å². The van der Waals surface area contributed by atoms with E-state index in [0.717, 1.165) is 19.3 Å². The number of carbonyl (C=O) groups excluding carboxylic acids is 1. The van der Waals surface area contributed by atoms with Crippen molar-refractivity contribution < 1.29 is 19.6 Å². The predicted molar refractivity (Wildman–Crippen MR) is 93.3 cm³/mol. The average molecular weight is 360 g/mol. The molecule has 0 spiro atoms. The summed E-state index contributed by atoms with van der Waals surface area (Å²) in [5.74, 6) is -1.09. The highest BCUT2D eigenvalue weighted by Gasteiger charge is 2.11. The first-order valence-electron chi connectivity index (χ1n) is 8.28. The lowest BCUT2D eigenvalue weighted by atomic mass is 10.1. The van der Waals surface area contributed by atoms with Crippen LogP contribution in [0.5, 0.6) is 0 Å². The van der Waals surface area contributed by atoms with E-state index in [9.17, 15) is 19.7 Å². The summed E-state index contributed by atoms with van der Waals surface area (Å²) in [6.07, 6.45) is 4.87. The SMILES string of the molecule is O=C(O)CCCCCCNC(=O)c1ccn(-c2ccc([N+](=O)[O-])cc2)n1.